The van der Waals surface area contributed by atoms with E-state index in [4.69, 9.17) is 5.11 Å². The van der Waals surface area contributed by atoms with Gasteiger partial charge in [-0.2, -0.15) is 0 Å². The highest BCUT2D eigenvalue weighted by molar-refractivity contribution is 5.75. The molecule has 0 saturated carbocycles. The van der Waals surface area contributed by atoms with Gasteiger partial charge in [-0.25, -0.2) is 4.98 Å². The molecule has 0 bridgehead atoms. The molecule has 0 aliphatic rings. The molecular formula is C5H3N5O3. The van der Waals surface area contributed by atoms with Crippen molar-refractivity contribution in [3.8, 4) is 5.88 Å². The molecule has 0 amide bonds. The molecular weight excluding hydrogens is 178 g/mol. The summed E-state index contributed by atoms with van der Waals surface area (Å²) in [5.41, 5.74) is 0.254. The maximum Gasteiger partial charge on any atom is 0.474 e. The number of fused-ring (bicyclic) bond motifs is 1. The van der Waals surface area contributed by atoms with Crippen LogP contribution < -0.4 is 0 Å². The van der Waals surface area contributed by atoms with Crippen molar-refractivity contribution >= 4 is 17.1 Å². The zero-order valence-corrected chi connectivity index (χ0v) is 6.13. The summed E-state index contributed by atoms with van der Waals surface area (Å²) in [7, 11) is 0. The van der Waals surface area contributed by atoms with Crippen molar-refractivity contribution in [1.82, 2.24) is 19.9 Å². The Morgan fingerprint density at radius 1 is 1.54 bits per heavy atom. The van der Waals surface area contributed by atoms with Gasteiger partial charge in [-0.15, -0.1) is 0 Å². The predicted octanol–water partition coefficient (Wildman–Crippen LogP) is -0.0333. The molecule has 0 aliphatic carbocycles. The largest absolute Gasteiger partial charge is 0.480 e. The van der Waals surface area contributed by atoms with Crippen molar-refractivity contribution < 1.29 is 10.0 Å². The minimum Gasteiger partial charge on any atom is -0.480 e. The summed E-state index contributed by atoms with van der Waals surface area (Å²) >= 11 is 0. The van der Waals surface area contributed by atoms with E-state index in [1.165, 1.54) is 6.33 Å². The fraction of sp³-hybridized carbons (Fsp3) is 0. The van der Waals surface area contributed by atoms with Crippen molar-refractivity contribution in [3.05, 3.63) is 16.4 Å². The Labute approximate surface area is 70.4 Å². The average molecular weight is 181 g/mol. The molecule has 2 aromatic rings. The fourth-order valence-electron chi connectivity index (χ4n) is 0.891. The van der Waals surface area contributed by atoms with Gasteiger partial charge >= 0.3 is 11.8 Å². The first-order valence-corrected chi connectivity index (χ1v) is 3.23. The first kappa shape index (κ1) is 7.40. The van der Waals surface area contributed by atoms with Crippen LogP contribution in [-0.2, 0) is 0 Å². The standard InChI is InChI=1S/C5H3N5O3/c11-4-2-3(7-1-6-2)8-5(9-4)10(12)13/h1H,(H2,6,7,8,9,11). The zero-order valence-electron chi connectivity index (χ0n) is 6.13. The summed E-state index contributed by atoms with van der Waals surface area (Å²) in [5.74, 6) is -1.16. The van der Waals surface area contributed by atoms with Gasteiger partial charge in [0.25, 0.3) is 0 Å². The van der Waals surface area contributed by atoms with Gasteiger partial charge in [-0.1, -0.05) is 0 Å². The van der Waals surface area contributed by atoms with Crippen LogP contribution in [0.4, 0.5) is 5.95 Å². The average Bonchev–Trinajstić information content (AvgIpc) is 2.51. The number of nitrogens with zero attached hydrogens (tertiary/aromatic N) is 4. The number of hydrogen-bond acceptors (Lipinski definition) is 6. The Balaban J connectivity index is 2.77. The van der Waals surface area contributed by atoms with Gasteiger partial charge in [-0.05, 0) is 14.9 Å². The van der Waals surface area contributed by atoms with Crippen molar-refractivity contribution in [3.63, 3.8) is 0 Å². The Morgan fingerprint density at radius 3 is 3.00 bits per heavy atom. The first-order chi connectivity index (χ1) is 6.18. The molecule has 0 aromatic carbocycles. The first-order valence-electron chi connectivity index (χ1n) is 3.23. The van der Waals surface area contributed by atoms with Crippen LogP contribution in [0.1, 0.15) is 0 Å². The lowest BCUT2D eigenvalue weighted by Crippen LogP contribution is -1.96. The number of rotatable bonds is 1. The number of hydrogen-bond donors (Lipinski definition) is 2. The molecule has 8 heteroatoms. The molecule has 0 aliphatic heterocycles. The van der Waals surface area contributed by atoms with E-state index < -0.39 is 16.8 Å². The van der Waals surface area contributed by atoms with E-state index in [1.807, 2.05) is 0 Å². The highest BCUT2D eigenvalue weighted by Crippen LogP contribution is 2.19. The van der Waals surface area contributed by atoms with Crippen molar-refractivity contribution in [2.45, 2.75) is 0 Å². The van der Waals surface area contributed by atoms with Crippen LogP contribution in [-0.4, -0.2) is 30.0 Å². The molecule has 0 unspecified atom stereocenters. The van der Waals surface area contributed by atoms with Crippen molar-refractivity contribution in [1.29, 1.82) is 0 Å². The van der Waals surface area contributed by atoms with Gasteiger partial charge in [0, 0.05) is 0 Å². The number of nitro groups is 1. The van der Waals surface area contributed by atoms with Crippen LogP contribution in [0.15, 0.2) is 6.33 Å². The third-order valence-electron chi connectivity index (χ3n) is 1.41. The summed E-state index contributed by atoms with van der Waals surface area (Å²) in [6.45, 7) is 0. The molecule has 13 heavy (non-hydrogen) atoms. The van der Waals surface area contributed by atoms with Crippen molar-refractivity contribution in [2.75, 3.05) is 0 Å². The van der Waals surface area contributed by atoms with Crippen LogP contribution in [0, 0.1) is 10.1 Å². The van der Waals surface area contributed by atoms with E-state index in [0.717, 1.165) is 0 Å². The highest BCUT2D eigenvalue weighted by atomic mass is 16.6. The molecule has 0 radical (unpaired) electrons. The SMILES string of the molecule is O=[N+]([O-])c1nc(O)c2nc[nH]c2n1. The lowest BCUT2D eigenvalue weighted by Gasteiger charge is -1.90. The van der Waals surface area contributed by atoms with Gasteiger partial charge in [0.1, 0.15) is 0 Å². The molecule has 66 valence electrons. The summed E-state index contributed by atoms with van der Waals surface area (Å²) < 4.78 is 0. The van der Waals surface area contributed by atoms with Gasteiger partial charge in [0.15, 0.2) is 0 Å². The minimum absolute atomic E-state index is 0.116. The van der Waals surface area contributed by atoms with Crippen LogP contribution in [0.5, 0.6) is 5.88 Å². The number of aromatic hydroxyl groups is 1. The lowest BCUT2D eigenvalue weighted by atomic mass is 10.5. The Bertz CT molecular complexity index is 478. The number of aromatic nitrogens is 4. The van der Waals surface area contributed by atoms with Gasteiger partial charge in [-0.3, -0.25) is 0 Å². The van der Waals surface area contributed by atoms with E-state index in [-0.39, 0.29) is 11.2 Å². The summed E-state index contributed by atoms with van der Waals surface area (Å²) in [6, 6.07) is 0. The smallest absolute Gasteiger partial charge is 0.474 e. The van der Waals surface area contributed by atoms with Crippen LogP contribution in [0.2, 0.25) is 0 Å². The molecule has 2 rings (SSSR count). The van der Waals surface area contributed by atoms with Gasteiger partial charge < -0.3 is 20.2 Å². The molecule has 0 spiro atoms. The van der Waals surface area contributed by atoms with E-state index in [0.29, 0.717) is 0 Å². The van der Waals surface area contributed by atoms with Crippen LogP contribution in [0.3, 0.4) is 0 Å². The van der Waals surface area contributed by atoms with Gasteiger partial charge in [0.2, 0.25) is 11.2 Å². The zero-order chi connectivity index (χ0) is 9.42. The molecule has 2 aromatic heterocycles. The molecule has 2 N–H and O–H groups in total. The summed E-state index contributed by atoms with van der Waals surface area (Å²) in [6.07, 6.45) is 1.27. The maximum absolute atomic E-state index is 10.3. The van der Waals surface area contributed by atoms with E-state index in [2.05, 4.69) is 19.9 Å². The topological polar surface area (TPSA) is 118 Å². The quantitative estimate of drug-likeness (QED) is 0.471. The minimum atomic E-state index is -0.792. The van der Waals surface area contributed by atoms with E-state index in [1.54, 1.807) is 0 Å². The third kappa shape index (κ3) is 1.04. The number of aromatic amines is 1. The van der Waals surface area contributed by atoms with Crippen LogP contribution >= 0.6 is 0 Å². The fourth-order valence-corrected chi connectivity index (χ4v) is 0.891. The molecule has 8 nitrogen and oxygen atoms in total. The van der Waals surface area contributed by atoms with Crippen LogP contribution in [0.25, 0.3) is 11.2 Å². The summed E-state index contributed by atoms with van der Waals surface area (Å²) in [4.78, 5) is 22.4. The Hall–Kier alpha value is -2.25. The highest BCUT2D eigenvalue weighted by Gasteiger charge is 2.18. The number of H-pyrrole nitrogens is 1. The lowest BCUT2D eigenvalue weighted by molar-refractivity contribution is -0.394. The number of imidazole rings is 1. The number of nitrogens with one attached hydrogen (secondary N) is 1. The van der Waals surface area contributed by atoms with Crippen molar-refractivity contribution in [2.24, 2.45) is 0 Å². The Kier molecular flexibility index (Phi) is 1.35. The second-order valence-electron chi connectivity index (χ2n) is 2.20. The van der Waals surface area contributed by atoms with Gasteiger partial charge in [0.05, 0.1) is 6.33 Å². The second-order valence-corrected chi connectivity index (χ2v) is 2.20. The Morgan fingerprint density at radius 2 is 2.31 bits per heavy atom. The predicted molar refractivity (Wildman–Crippen MR) is 40.0 cm³/mol. The maximum atomic E-state index is 10.3. The monoisotopic (exact) mass is 181 g/mol. The molecule has 2 heterocycles. The van der Waals surface area contributed by atoms with E-state index >= 15 is 0 Å². The molecule has 0 atom stereocenters. The normalized spacial score (nSPS) is 10.5. The van der Waals surface area contributed by atoms with E-state index in [9.17, 15) is 10.1 Å². The molecule has 0 saturated heterocycles. The third-order valence-corrected chi connectivity index (χ3v) is 1.41. The molecule has 0 fully saturated rings. The summed E-state index contributed by atoms with van der Waals surface area (Å²) in [5, 5.41) is 19.4. The second kappa shape index (κ2) is 2.37.